The number of ether oxygens (including phenoxy) is 1. The second kappa shape index (κ2) is 10.6. The highest BCUT2D eigenvalue weighted by Gasteiger charge is 2.43. The van der Waals surface area contributed by atoms with Crippen molar-refractivity contribution in [3.05, 3.63) is 95.6 Å². The van der Waals surface area contributed by atoms with Crippen LogP contribution in [0.2, 0.25) is 0 Å². The van der Waals surface area contributed by atoms with Gasteiger partial charge in [0.15, 0.2) is 12.1 Å². The van der Waals surface area contributed by atoms with Gasteiger partial charge in [0.05, 0.1) is 0 Å². The van der Waals surface area contributed by atoms with Crippen LogP contribution < -0.4 is 10.1 Å². The summed E-state index contributed by atoms with van der Waals surface area (Å²) in [4.78, 5) is 27.1. The Morgan fingerprint density at radius 3 is 2.42 bits per heavy atom. The van der Waals surface area contributed by atoms with Crippen LogP contribution in [0.3, 0.4) is 0 Å². The Morgan fingerprint density at radius 2 is 1.76 bits per heavy atom. The number of nitrogens with one attached hydrogen (secondary N) is 1. The molecule has 1 aliphatic carbocycles. The summed E-state index contributed by atoms with van der Waals surface area (Å²) in [6, 6.07) is 25.8. The highest BCUT2D eigenvalue weighted by Crippen LogP contribution is 2.47. The zero-order valence-electron chi connectivity index (χ0n) is 18.4. The third kappa shape index (κ3) is 5.86. The molecule has 0 unspecified atom stereocenters. The van der Waals surface area contributed by atoms with E-state index >= 15 is 0 Å². The molecule has 3 aromatic carbocycles. The summed E-state index contributed by atoms with van der Waals surface area (Å²) in [5, 5.41) is 7.48. The topological polar surface area (TPSA) is 77.0 Å². The van der Waals surface area contributed by atoms with Gasteiger partial charge in [-0.25, -0.2) is 0 Å². The van der Waals surface area contributed by atoms with E-state index in [1.807, 2.05) is 78.9 Å². The first-order valence-electron chi connectivity index (χ1n) is 10.9. The fraction of sp³-hybridized carbons (Fsp3) is 0.222. The smallest absolute Gasteiger partial charge is 0.198 e. The van der Waals surface area contributed by atoms with Gasteiger partial charge >= 0.3 is 0 Å². The van der Waals surface area contributed by atoms with E-state index in [9.17, 15) is 9.59 Å². The first kappa shape index (κ1) is 22.3. The van der Waals surface area contributed by atoms with E-state index in [-0.39, 0.29) is 17.6 Å². The van der Waals surface area contributed by atoms with Crippen molar-refractivity contribution >= 4 is 23.5 Å². The number of carbonyl (C=O) groups is 2. The Morgan fingerprint density at radius 1 is 1.03 bits per heavy atom. The molecule has 1 aliphatic rings. The predicted octanol–water partition coefficient (Wildman–Crippen LogP) is 4.60. The summed E-state index contributed by atoms with van der Waals surface area (Å²) in [5.41, 5.74) is 4.91. The Balaban J connectivity index is 1.27. The standard InChI is InChI=1S/C27H26N2O4/c1-32-29-26(21-5-3-2-4-6-21)18-33-23-13-7-19(8-14-23)16-28-22-11-9-20(10-12-22)24-15-25(24)27(31)17-30/h2-14,17,24-25,28H,15-16,18H2,1H3/b29-26-/t24-,25+/m0/s1. The van der Waals surface area contributed by atoms with Crippen LogP contribution in [0.5, 0.6) is 5.75 Å². The number of rotatable bonds is 11. The lowest BCUT2D eigenvalue weighted by Crippen LogP contribution is -2.13. The van der Waals surface area contributed by atoms with Crippen LogP contribution in [-0.4, -0.2) is 31.5 Å². The fourth-order valence-electron chi connectivity index (χ4n) is 3.78. The van der Waals surface area contributed by atoms with E-state index in [1.165, 1.54) is 7.11 Å². The lowest BCUT2D eigenvalue weighted by molar-refractivity contribution is -0.130. The molecule has 2 atom stereocenters. The molecule has 0 bridgehead atoms. The summed E-state index contributed by atoms with van der Waals surface area (Å²) >= 11 is 0. The van der Waals surface area contributed by atoms with Crippen LogP contribution in [0.15, 0.2) is 84.0 Å². The summed E-state index contributed by atoms with van der Waals surface area (Å²) in [5.74, 6) is 0.510. The van der Waals surface area contributed by atoms with Gasteiger partial charge in [-0.2, -0.15) is 0 Å². The van der Waals surface area contributed by atoms with Crippen molar-refractivity contribution < 1.29 is 19.2 Å². The van der Waals surface area contributed by atoms with E-state index in [0.29, 0.717) is 19.4 Å². The van der Waals surface area contributed by atoms with E-state index in [0.717, 1.165) is 40.3 Å². The number of nitrogens with zero attached hydrogens (tertiary/aromatic N) is 1. The zero-order chi connectivity index (χ0) is 23.0. The molecular formula is C27H26N2O4. The van der Waals surface area contributed by atoms with E-state index in [1.54, 1.807) is 0 Å². The minimum absolute atomic E-state index is 0.133. The number of ketones is 1. The Bertz CT molecular complexity index is 1110. The summed E-state index contributed by atoms with van der Waals surface area (Å²) < 4.78 is 5.89. The van der Waals surface area contributed by atoms with E-state index < -0.39 is 0 Å². The van der Waals surface area contributed by atoms with Gasteiger partial charge in [-0.15, -0.1) is 0 Å². The molecule has 1 fully saturated rings. The van der Waals surface area contributed by atoms with Gasteiger partial charge in [0, 0.05) is 23.7 Å². The van der Waals surface area contributed by atoms with Gasteiger partial charge in [0.1, 0.15) is 25.2 Å². The first-order chi connectivity index (χ1) is 16.2. The van der Waals surface area contributed by atoms with Crippen LogP contribution in [0.1, 0.15) is 29.0 Å². The quantitative estimate of drug-likeness (QED) is 0.203. The second-order valence-corrected chi connectivity index (χ2v) is 7.96. The average Bonchev–Trinajstić information content (AvgIpc) is 3.67. The molecule has 0 amide bonds. The molecule has 1 saturated carbocycles. The molecule has 168 valence electrons. The van der Waals surface area contributed by atoms with Crippen molar-refractivity contribution in [1.82, 2.24) is 0 Å². The maximum absolute atomic E-state index is 11.5. The van der Waals surface area contributed by atoms with Gasteiger partial charge in [0.2, 0.25) is 0 Å². The normalized spacial score (nSPS) is 17.2. The number of anilines is 1. The zero-order valence-corrected chi connectivity index (χ0v) is 18.4. The molecule has 0 aliphatic heterocycles. The number of hydrogen-bond donors (Lipinski definition) is 1. The van der Waals surface area contributed by atoms with Crippen LogP contribution >= 0.6 is 0 Å². The van der Waals surface area contributed by atoms with Crippen molar-refractivity contribution in [2.24, 2.45) is 11.1 Å². The van der Waals surface area contributed by atoms with Crippen LogP contribution in [0.4, 0.5) is 5.69 Å². The molecule has 0 radical (unpaired) electrons. The Labute approximate surface area is 193 Å². The van der Waals surface area contributed by atoms with Crippen LogP contribution in [0, 0.1) is 5.92 Å². The van der Waals surface area contributed by atoms with Crippen molar-refractivity contribution in [3.63, 3.8) is 0 Å². The predicted molar refractivity (Wildman–Crippen MR) is 128 cm³/mol. The third-order valence-electron chi connectivity index (χ3n) is 5.71. The monoisotopic (exact) mass is 442 g/mol. The lowest BCUT2D eigenvalue weighted by Gasteiger charge is -2.11. The fourth-order valence-corrected chi connectivity index (χ4v) is 3.78. The average molecular weight is 443 g/mol. The maximum atomic E-state index is 11.5. The van der Waals surface area contributed by atoms with Gasteiger partial charge < -0.3 is 14.9 Å². The molecule has 0 aromatic heterocycles. The van der Waals surface area contributed by atoms with Crippen LogP contribution in [0.25, 0.3) is 0 Å². The van der Waals surface area contributed by atoms with E-state index in [4.69, 9.17) is 9.57 Å². The molecule has 33 heavy (non-hydrogen) atoms. The minimum atomic E-state index is -0.295. The number of aldehydes is 1. The number of carbonyl (C=O) groups excluding carboxylic acids is 2. The van der Waals surface area contributed by atoms with Crippen molar-refractivity contribution in [3.8, 4) is 5.75 Å². The van der Waals surface area contributed by atoms with Crippen LogP contribution in [-0.2, 0) is 21.0 Å². The molecule has 3 aromatic rings. The number of benzene rings is 3. The molecular weight excluding hydrogens is 416 g/mol. The minimum Gasteiger partial charge on any atom is -0.487 e. The number of oxime groups is 1. The van der Waals surface area contributed by atoms with Crippen molar-refractivity contribution in [2.45, 2.75) is 18.9 Å². The van der Waals surface area contributed by atoms with E-state index in [2.05, 4.69) is 10.5 Å². The van der Waals surface area contributed by atoms with Gasteiger partial charge in [0.25, 0.3) is 0 Å². The second-order valence-electron chi connectivity index (χ2n) is 7.96. The van der Waals surface area contributed by atoms with Gasteiger partial charge in [-0.1, -0.05) is 59.8 Å². The van der Waals surface area contributed by atoms with Crippen molar-refractivity contribution in [1.29, 1.82) is 0 Å². The maximum Gasteiger partial charge on any atom is 0.198 e. The highest BCUT2D eigenvalue weighted by atomic mass is 16.6. The molecule has 0 spiro atoms. The first-order valence-corrected chi connectivity index (χ1v) is 10.9. The largest absolute Gasteiger partial charge is 0.487 e. The number of hydrogen-bond acceptors (Lipinski definition) is 6. The highest BCUT2D eigenvalue weighted by molar-refractivity contribution is 6.27. The molecule has 0 heterocycles. The summed E-state index contributed by atoms with van der Waals surface area (Å²) in [7, 11) is 1.52. The summed E-state index contributed by atoms with van der Waals surface area (Å²) in [6.07, 6.45) is 1.20. The molecule has 0 saturated heterocycles. The van der Waals surface area contributed by atoms with Crippen molar-refractivity contribution in [2.75, 3.05) is 19.0 Å². The third-order valence-corrected chi connectivity index (χ3v) is 5.71. The number of Topliss-reactive ketones (excluding diaryl/α,β-unsaturated/α-hetero) is 1. The molecule has 4 rings (SSSR count). The van der Waals surface area contributed by atoms with Gasteiger partial charge in [-0.05, 0) is 47.7 Å². The molecule has 1 N–H and O–H groups in total. The SMILES string of the molecule is CO/N=C(/COc1ccc(CNc2ccc([C@@H]3C[C@H]3C(=O)C=O)cc2)cc1)c1ccccc1. The lowest BCUT2D eigenvalue weighted by atomic mass is 10.1. The Kier molecular flexibility index (Phi) is 7.15. The molecule has 6 nitrogen and oxygen atoms in total. The summed E-state index contributed by atoms with van der Waals surface area (Å²) in [6.45, 7) is 0.984. The Hall–Kier alpha value is -3.93. The molecule has 6 heteroatoms. The van der Waals surface area contributed by atoms with Gasteiger partial charge in [-0.3, -0.25) is 9.59 Å².